The van der Waals surface area contributed by atoms with Gasteiger partial charge in [0.05, 0.1) is 19.2 Å². The molecular formula is C39H44F3N7O5S. The number of halogens is 3. The molecule has 4 aromatic rings. The molecule has 55 heavy (non-hydrogen) atoms. The van der Waals surface area contributed by atoms with Gasteiger partial charge in [-0.15, -0.1) is 0 Å². The second-order valence-electron chi connectivity index (χ2n) is 15.0. The van der Waals surface area contributed by atoms with Gasteiger partial charge in [-0.05, 0) is 73.9 Å². The molecule has 2 atom stereocenters. The molecule has 16 heteroatoms. The maximum atomic E-state index is 16.0. The van der Waals surface area contributed by atoms with Gasteiger partial charge in [0.25, 0.3) is 11.3 Å². The van der Waals surface area contributed by atoms with E-state index in [0.717, 1.165) is 94.9 Å². The van der Waals surface area contributed by atoms with Crippen LogP contribution in [0.15, 0.2) is 54.9 Å². The maximum absolute atomic E-state index is 16.0. The number of hydrazine groups is 1. The van der Waals surface area contributed by atoms with Crippen LogP contribution in [0.1, 0.15) is 48.0 Å². The van der Waals surface area contributed by atoms with Crippen LogP contribution in [0.3, 0.4) is 0 Å². The van der Waals surface area contributed by atoms with Crippen molar-refractivity contribution in [2.45, 2.75) is 43.8 Å². The van der Waals surface area contributed by atoms with E-state index in [9.17, 15) is 22.7 Å². The number of anilines is 2. The first-order valence-corrected chi connectivity index (χ1v) is 19.8. The summed E-state index contributed by atoms with van der Waals surface area (Å²) in [4.78, 5) is 40.7. The van der Waals surface area contributed by atoms with Crippen molar-refractivity contribution < 1.29 is 36.3 Å². The van der Waals surface area contributed by atoms with Gasteiger partial charge in [0.15, 0.2) is 5.82 Å². The number of alkyl halides is 1. The number of fused-ring (bicyclic) bond motifs is 1. The van der Waals surface area contributed by atoms with Crippen molar-refractivity contribution in [2.24, 2.45) is 5.92 Å². The molecule has 2 N–H and O–H groups in total. The molecule has 3 aliphatic heterocycles. The van der Waals surface area contributed by atoms with Crippen molar-refractivity contribution in [3.8, 4) is 11.1 Å². The third-order valence-electron chi connectivity index (χ3n) is 11.8. The Hall–Kier alpha value is -4.35. The summed E-state index contributed by atoms with van der Waals surface area (Å²) < 4.78 is 73.0. The highest BCUT2D eigenvalue weighted by Gasteiger charge is 2.56. The highest BCUT2D eigenvalue weighted by atomic mass is 32.2. The van der Waals surface area contributed by atoms with Crippen molar-refractivity contribution >= 4 is 45.4 Å². The number of rotatable bonds is 11. The Balaban J connectivity index is 0.920. The lowest BCUT2D eigenvalue weighted by Gasteiger charge is -2.41. The van der Waals surface area contributed by atoms with Gasteiger partial charge >= 0.3 is 5.97 Å². The van der Waals surface area contributed by atoms with Crippen LogP contribution in [0.4, 0.5) is 24.5 Å². The van der Waals surface area contributed by atoms with E-state index in [4.69, 9.17) is 4.74 Å². The minimum absolute atomic E-state index is 0.0182. The number of esters is 1. The number of carbonyl (C=O) groups is 2. The number of H-pyrrole nitrogens is 1. The van der Waals surface area contributed by atoms with E-state index < -0.39 is 46.1 Å². The minimum atomic E-state index is -2.81. The smallest absolute Gasteiger partial charge is 0.326 e. The molecule has 4 fully saturated rings. The number of ether oxygens (including phenoxy) is 1. The molecule has 3 saturated heterocycles. The number of hydrogen-bond donors (Lipinski definition) is 2. The first-order valence-electron chi connectivity index (χ1n) is 18.8. The molecule has 0 amide bonds. The second-order valence-corrected chi connectivity index (χ2v) is 15.8. The van der Waals surface area contributed by atoms with Gasteiger partial charge in [-0.1, -0.05) is 12.1 Å². The third-order valence-corrected chi connectivity index (χ3v) is 12.5. The summed E-state index contributed by atoms with van der Waals surface area (Å²) in [5.41, 5.74) is 1.21. The van der Waals surface area contributed by atoms with Crippen LogP contribution in [0.5, 0.6) is 0 Å². The Kier molecular flexibility index (Phi) is 10.4. The largest absolute Gasteiger partial charge is 0.468 e. The number of hydrogen-bond acceptors (Lipinski definition) is 9. The fraction of sp³-hybridized carbons (Fsp3) is 0.462. The number of piperidine rings is 1. The summed E-state index contributed by atoms with van der Waals surface area (Å²) in [6.07, 6.45) is 5.77. The Morgan fingerprint density at radius 1 is 1.00 bits per heavy atom. The van der Waals surface area contributed by atoms with E-state index in [0.29, 0.717) is 26.9 Å². The molecule has 12 nitrogen and oxygen atoms in total. The zero-order valence-corrected chi connectivity index (χ0v) is 31.4. The Labute approximate surface area is 319 Å². The summed E-state index contributed by atoms with van der Waals surface area (Å²) in [5, 5.41) is 1.53. The molecule has 0 bridgehead atoms. The molecule has 1 unspecified atom stereocenters. The van der Waals surface area contributed by atoms with Gasteiger partial charge in [0.1, 0.15) is 28.9 Å². The normalized spacial score (nSPS) is 21.5. The van der Waals surface area contributed by atoms with Gasteiger partial charge in [0.2, 0.25) is 5.78 Å². The van der Waals surface area contributed by atoms with Crippen LogP contribution in [-0.4, -0.2) is 123 Å². The van der Waals surface area contributed by atoms with Gasteiger partial charge < -0.3 is 19.5 Å². The van der Waals surface area contributed by atoms with Crippen molar-refractivity contribution in [3.63, 3.8) is 0 Å². The van der Waals surface area contributed by atoms with Crippen molar-refractivity contribution in [1.29, 1.82) is 0 Å². The van der Waals surface area contributed by atoms with Gasteiger partial charge in [-0.3, -0.25) is 19.0 Å². The third kappa shape index (κ3) is 7.26. The van der Waals surface area contributed by atoms with E-state index in [2.05, 4.69) is 36.8 Å². The van der Waals surface area contributed by atoms with Crippen LogP contribution < -0.4 is 9.31 Å². The Morgan fingerprint density at radius 2 is 1.73 bits per heavy atom. The molecular weight excluding hydrogens is 736 g/mol. The van der Waals surface area contributed by atoms with Gasteiger partial charge in [0, 0.05) is 87.0 Å². The fourth-order valence-corrected chi connectivity index (χ4v) is 9.16. The number of pyridine rings is 1. The maximum Gasteiger partial charge on any atom is 0.326 e. The molecule has 4 aliphatic rings. The quantitative estimate of drug-likeness (QED) is 0.120. The summed E-state index contributed by atoms with van der Waals surface area (Å²) in [5.74, 6) is -2.91. The number of nitrogens with zero attached hydrogens (tertiary/aromatic N) is 6. The van der Waals surface area contributed by atoms with E-state index >= 15 is 8.78 Å². The van der Waals surface area contributed by atoms with Crippen LogP contribution in [0.25, 0.3) is 22.2 Å². The predicted molar refractivity (Wildman–Crippen MR) is 203 cm³/mol. The molecule has 5 heterocycles. The number of carbonyl (C=O) groups excluding carboxylic acids is 2. The monoisotopic (exact) mass is 779 g/mol. The van der Waals surface area contributed by atoms with Crippen molar-refractivity contribution in [2.75, 3.05) is 75.3 Å². The molecule has 2 aromatic carbocycles. The standard InChI is InChI=1S/C39H44F3N7O5S/c1-54-38(51)39(11-12-39)47-18-16-45(17-19-47)23-25-8-13-46(14-9-25)29-4-2-26(3-5-29)27-20-30-31(22-44-37(30)43-21-27)36(50)34-32(41)6-7-33(35(34)42)49(55(52)53)48-15-10-28(40)24-48/h2-7,20-22,25,28H,8-19,23-24H2,1H3,(H,43,44)(H,52,53)/t28-/m1/s1. The number of ketones is 1. The molecule has 0 spiro atoms. The zero-order chi connectivity index (χ0) is 38.4. The lowest BCUT2D eigenvalue weighted by atomic mass is 9.95. The highest BCUT2D eigenvalue weighted by molar-refractivity contribution is 7.80. The lowest BCUT2D eigenvalue weighted by Crippen LogP contribution is -2.55. The average Bonchev–Trinajstić information content (AvgIpc) is 3.72. The molecule has 1 saturated carbocycles. The van der Waals surface area contributed by atoms with E-state index in [1.165, 1.54) is 18.3 Å². The summed E-state index contributed by atoms with van der Waals surface area (Å²) in [6, 6.07) is 11.7. The number of nitrogens with one attached hydrogen (secondary N) is 1. The topological polar surface area (TPSA) is 126 Å². The Bertz CT molecular complexity index is 2100. The minimum Gasteiger partial charge on any atom is -0.468 e. The molecule has 8 rings (SSSR count). The van der Waals surface area contributed by atoms with Gasteiger partial charge in [-0.25, -0.2) is 27.4 Å². The van der Waals surface area contributed by atoms with Crippen LogP contribution in [0, 0.1) is 17.6 Å². The van der Waals surface area contributed by atoms with E-state index in [1.807, 2.05) is 12.1 Å². The van der Waals surface area contributed by atoms with Crippen LogP contribution in [-0.2, 0) is 20.8 Å². The SMILES string of the molecule is COC(=O)C1(N2CCN(CC3CCN(c4ccc(-c5cnc6[nH]cc(C(=O)c7c(F)ccc(N(N8CC[C@@H](F)C8)S(=O)O)c7F)c6c5)cc4)CC3)CC2)CC1. The molecule has 0 radical (unpaired) electrons. The second kappa shape index (κ2) is 15.3. The number of aromatic nitrogens is 2. The predicted octanol–water partition coefficient (Wildman–Crippen LogP) is 5.18. The number of piperazine rings is 1. The first kappa shape index (κ1) is 37.6. The number of methoxy groups -OCH3 is 1. The lowest BCUT2D eigenvalue weighted by molar-refractivity contribution is -0.149. The molecule has 292 valence electrons. The number of aromatic amines is 1. The highest BCUT2D eigenvalue weighted by Crippen LogP contribution is 2.43. The molecule has 1 aliphatic carbocycles. The van der Waals surface area contributed by atoms with Crippen molar-refractivity contribution in [3.05, 3.63) is 77.6 Å². The van der Waals surface area contributed by atoms with Gasteiger partial charge in [-0.2, -0.15) is 4.41 Å². The van der Waals surface area contributed by atoms with E-state index in [1.54, 1.807) is 12.3 Å². The molecule has 2 aromatic heterocycles. The van der Waals surface area contributed by atoms with Crippen LogP contribution in [0.2, 0.25) is 0 Å². The zero-order valence-electron chi connectivity index (χ0n) is 30.6. The average molecular weight is 780 g/mol. The first-order chi connectivity index (χ1) is 26.6. The fourth-order valence-electron chi connectivity index (χ4n) is 8.50. The number of benzene rings is 2. The Morgan fingerprint density at radius 3 is 2.36 bits per heavy atom. The summed E-state index contributed by atoms with van der Waals surface area (Å²) in [7, 11) is 1.48. The van der Waals surface area contributed by atoms with E-state index in [-0.39, 0.29) is 36.6 Å². The summed E-state index contributed by atoms with van der Waals surface area (Å²) in [6.45, 7) is 6.49. The van der Waals surface area contributed by atoms with Crippen molar-refractivity contribution in [1.82, 2.24) is 24.8 Å². The summed E-state index contributed by atoms with van der Waals surface area (Å²) >= 11 is -2.81. The van der Waals surface area contributed by atoms with Crippen LogP contribution >= 0.6 is 0 Å².